The molecule has 0 radical (unpaired) electrons. The van der Waals surface area contributed by atoms with Gasteiger partial charge >= 0.3 is 0 Å². The first-order valence-electron chi connectivity index (χ1n) is 5.38. The van der Waals surface area contributed by atoms with E-state index in [-0.39, 0.29) is 0 Å². The van der Waals surface area contributed by atoms with Gasteiger partial charge in [0.05, 0.1) is 6.26 Å². The number of nitrogen functional groups attached to an aromatic ring is 1. The van der Waals surface area contributed by atoms with Crippen LogP contribution in [0.5, 0.6) is 0 Å². The van der Waals surface area contributed by atoms with E-state index in [1.54, 1.807) is 6.26 Å². The Kier molecular flexibility index (Phi) is 2.28. The second kappa shape index (κ2) is 3.66. The van der Waals surface area contributed by atoms with Crippen LogP contribution in [0.3, 0.4) is 0 Å². The maximum absolute atomic E-state index is 5.74. The zero-order valence-electron chi connectivity index (χ0n) is 9.01. The van der Waals surface area contributed by atoms with Crippen LogP contribution in [0, 0.1) is 0 Å². The number of furan rings is 1. The monoisotopic (exact) mass is 235 g/mol. The molecule has 0 amide bonds. The largest absolute Gasteiger partial charge is 0.458 e. The van der Waals surface area contributed by atoms with Crippen molar-refractivity contribution in [2.75, 3.05) is 5.73 Å². The molecule has 1 fully saturated rings. The quantitative estimate of drug-likeness (QED) is 0.823. The van der Waals surface area contributed by atoms with E-state index in [2.05, 4.69) is 16.9 Å². The van der Waals surface area contributed by atoms with Crippen LogP contribution in [0.15, 0.2) is 17.0 Å². The van der Waals surface area contributed by atoms with Gasteiger partial charge in [0.25, 0.3) is 0 Å². The summed E-state index contributed by atoms with van der Waals surface area (Å²) in [7, 11) is 0. The van der Waals surface area contributed by atoms with Crippen LogP contribution in [0.4, 0.5) is 5.82 Å². The Morgan fingerprint density at radius 1 is 1.44 bits per heavy atom. The van der Waals surface area contributed by atoms with Crippen molar-refractivity contribution in [3.8, 4) is 0 Å². The highest BCUT2D eigenvalue weighted by atomic mass is 32.2. The van der Waals surface area contributed by atoms with Gasteiger partial charge in [0.1, 0.15) is 11.8 Å². The summed E-state index contributed by atoms with van der Waals surface area (Å²) in [5.74, 6) is 0.423. The summed E-state index contributed by atoms with van der Waals surface area (Å²) in [6.45, 7) is 2.26. The van der Waals surface area contributed by atoms with Crippen LogP contribution in [0.25, 0.3) is 11.1 Å². The molecule has 0 spiro atoms. The van der Waals surface area contributed by atoms with Gasteiger partial charge in [-0.2, -0.15) is 11.8 Å². The first-order chi connectivity index (χ1) is 7.75. The Morgan fingerprint density at radius 2 is 2.31 bits per heavy atom. The second-order valence-electron chi connectivity index (χ2n) is 4.14. The van der Waals surface area contributed by atoms with Crippen LogP contribution in [-0.2, 0) is 0 Å². The third-order valence-electron chi connectivity index (χ3n) is 2.99. The molecule has 0 bridgehead atoms. The Labute approximate surface area is 97.6 Å². The summed E-state index contributed by atoms with van der Waals surface area (Å²) in [5.41, 5.74) is 8.41. The van der Waals surface area contributed by atoms with Gasteiger partial charge in [-0.15, -0.1) is 0 Å². The summed E-state index contributed by atoms with van der Waals surface area (Å²) in [6, 6.07) is 0. The highest BCUT2D eigenvalue weighted by molar-refractivity contribution is 8.00. The number of nitrogens with zero attached hydrogens (tertiary/aromatic N) is 2. The lowest BCUT2D eigenvalue weighted by atomic mass is 10.1. The van der Waals surface area contributed by atoms with Gasteiger partial charge in [-0.3, -0.25) is 0 Å². The van der Waals surface area contributed by atoms with E-state index in [0.29, 0.717) is 21.9 Å². The van der Waals surface area contributed by atoms with E-state index in [1.807, 2.05) is 11.8 Å². The van der Waals surface area contributed by atoms with Crippen LogP contribution in [-0.4, -0.2) is 15.2 Å². The molecular weight excluding hydrogens is 222 g/mol. The highest BCUT2D eigenvalue weighted by Gasteiger charge is 2.27. The van der Waals surface area contributed by atoms with Crippen molar-refractivity contribution in [1.29, 1.82) is 0 Å². The first-order valence-corrected chi connectivity index (χ1v) is 6.33. The van der Waals surface area contributed by atoms with Crippen molar-refractivity contribution in [2.24, 2.45) is 0 Å². The Hall–Kier alpha value is -1.23. The van der Waals surface area contributed by atoms with Crippen LogP contribution >= 0.6 is 11.8 Å². The van der Waals surface area contributed by atoms with Gasteiger partial charge in [0, 0.05) is 16.1 Å². The summed E-state index contributed by atoms with van der Waals surface area (Å²) in [5, 5.41) is 1.21. The van der Waals surface area contributed by atoms with E-state index < -0.39 is 0 Å². The lowest BCUT2D eigenvalue weighted by molar-refractivity contribution is 0.608. The molecule has 16 heavy (non-hydrogen) atoms. The zero-order valence-corrected chi connectivity index (χ0v) is 9.83. The molecule has 0 saturated carbocycles. The second-order valence-corrected chi connectivity index (χ2v) is 5.79. The first kappa shape index (κ1) is 9.96. The topological polar surface area (TPSA) is 64.9 Å². The smallest absolute Gasteiger partial charge is 0.194 e. The van der Waals surface area contributed by atoms with Crippen LogP contribution in [0.2, 0.25) is 0 Å². The van der Waals surface area contributed by atoms with Gasteiger partial charge < -0.3 is 10.2 Å². The third-order valence-corrected chi connectivity index (χ3v) is 4.51. The molecule has 2 unspecified atom stereocenters. The van der Waals surface area contributed by atoms with E-state index >= 15 is 0 Å². The third kappa shape index (κ3) is 1.46. The zero-order chi connectivity index (χ0) is 11.1. The lowest BCUT2D eigenvalue weighted by Gasteiger charge is -2.05. The maximum Gasteiger partial charge on any atom is 0.194 e. The number of anilines is 1. The van der Waals surface area contributed by atoms with Crippen molar-refractivity contribution >= 4 is 28.7 Å². The fourth-order valence-corrected chi connectivity index (χ4v) is 3.57. The SMILES string of the molecule is CC1CCC(c2coc3c(N)ncnc23)S1. The highest BCUT2D eigenvalue weighted by Crippen LogP contribution is 2.46. The summed E-state index contributed by atoms with van der Waals surface area (Å²) < 4.78 is 5.46. The van der Waals surface area contributed by atoms with Crippen molar-refractivity contribution in [1.82, 2.24) is 9.97 Å². The molecule has 3 heterocycles. The van der Waals surface area contributed by atoms with Gasteiger partial charge in [-0.1, -0.05) is 6.92 Å². The fraction of sp³-hybridized carbons (Fsp3) is 0.455. The van der Waals surface area contributed by atoms with Crippen molar-refractivity contribution in [2.45, 2.75) is 30.3 Å². The van der Waals surface area contributed by atoms with Crippen molar-refractivity contribution in [3.05, 3.63) is 18.2 Å². The molecule has 3 rings (SSSR count). The predicted octanol–water partition coefficient (Wildman–Crippen LogP) is 2.76. The molecule has 0 aromatic carbocycles. The number of rotatable bonds is 1. The van der Waals surface area contributed by atoms with Gasteiger partial charge in [-0.25, -0.2) is 9.97 Å². The number of thioether (sulfide) groups is 1. The van der Waals surface area contributed by atoms with E-state index in [4.69, 9.17) is 10.2 Å². The Morgan fingerprint density at radius 3 is 3.06 bits per heavy atom. The Balaban J connectivity index is 2.08. The number of nitrogens with two attached hydrogens (primary N) is 1. The standard InChI is InChI=1S/C11H13N3OS/c1-6-2-3-8(16-6)7-4-15-10-9(7)13-5-14-11(10)12/h4-6,8H,2-3H2,1H3,(H2,12,13,14). The van der Waals surface area contributed by atoms with E-state index in [9.17, 15) is 0 Å². The van der Waals surface area contributed by atoms with Gasteiger partial charge in [-0.05, 0) is 12.8 Å². The molecule has 2 aromatic heterocycles. The molecular formula is C11H13N3OS. The number of hydrogen-bond acceptors (Lipinski definition) is 5. The average Bonchev–Trinajstić information content (AvgIpc) is 2.84. The molecule has 2 atom stereocenters. The fourth-order valence-electron chi connectivity index (χ4n) is 2.15. The predicted molar refractivity (Wildman–Crippen MR) is 65.2 cm³/mol. The maximum atomic E-state index is 5.74. The lowest BCUT2D eigenvalue weighted by Crippen LogP contribution is -1.93. The summed E-state index contributed by atoms with van der Waals surface area (Å²) in [6.07, 6.45) is 5.72. The van der Waals surface area contributed by atoms with Crippen LogP contribution < -0.4 is 5.73 Å². The number of aromatic nitrogens is 2. The van der Waals surface area contributed by atoms with Crippen molar-refractivity contribution in [3.63, 3.8) is 0 Å². The summed E-state index contributed by atoms with van der Waals surface area (Å²) in [4.78, 5) is 8.20. The number of hydrogen-bond donors (Lipinski definition) is 1. The average molecular weight is 235 g/mol. The number of fused-ring (bicyclic) bond motifs is 1. The summed E-state index contributed by atoms with van der Waals surface area (Å²) >= 11 is 1.98. The minimum atomic E-state index is 0.423. The molecule has 5 heteroatoms. The van der Waals surface area contributed by atoms with Crippen LogP contribution in [0.1, 0.15) is 30.6 Å². The van der Waals surface area contributed by atoms with Gasteiger partial charge in [0.2, 0.25) is 0 Å². The molecule has 1 saturated heterocycles. The molecule has 1 aliphatic heterocycles. The molecule has 2 aromatic rings. The van der Waals surface area contributed by atoms with Gasteiger partial charge in [0.15, 0.2) is 11.4 Å². The molecule has 4 nitrogen and oxygen atoms in total. The minimum Gasteiger partial charge on any atom is -0.458 e. The molecule has 2 N–H and O–H groups in total. The normalized spacial score (nSPS) is 25.3. The Bertz CT molecular complexity index is 525. The van der Waals surface area contributed by atoms with E-state index in [1.165, 1.54) is 24.7 Å². The molecule has 0 aliphatic carbocycles. The van der Waals surface area contributed by atoms with Crippen molar-refractivity contribution < 1.29 is 4.42 Å². The van der Waals surface area contributed by atoms with E-state index in [0.717, 1.165) is 5.52 Å². The molecule has 1 aliphatic rings. The molecule has 84 valence electrons. The minimum absolute atomic E-state index is 0.423.